The minimum absolute atomic E-state index is 0.475. The lowest BCUT2D eigenvalue weighted by molar-refractivity contribution is 0.809. The van der Waals surface area contributed by atoms with Crippen molar-refractivity contribution < 1.29 is 0 Å². The molecular weight excluding hydrogens is 314 g/mol. The van der Waals surface area contributed by atoms with Crippen LogP contribution in [0, 0.1) is 0 Å². The van der Waals surface area contributed by atoms with Crippen LogP contribution >= 0.6 is 11.6 Å². The molecule has 0 fully saturated rings. The Labute approximate surface area is 136 Å². The predicted molar refractivity (Wildman–Crippen MR) is 88.2 cm³/mol. The molecule has 0 unspecified atom stereocenters. The van der Waals surface area contributed by atoms with Gasteiger partial charge in [0, 0.05) is 30.2 Å². The number of imidazole rings is 1. The van der Waals surface area contributed by atoms with Crippen LogP contribution in [0.4, 0.5) is 11.5 Å². The van der Waals surface area contributed by atoms with Crippen LogP contribution in [0.15, 0.2) is 49.1 Å². The summed E-state index contributed by atoms with van der Waals surface area (Å²) in [5.41, 5.74) is 2.28. The van der Waals surface area contributed by atoms with Crippen LogP contribution in [0.5, 0.6) is 0 Å². The Morgan fingerprint density at radius 2 is 1.96 bits per heavy atom. The maximum absolute atomic E-state index is 5.93. The van der Waals surface area contributed by atoms with E-state index in [0.29, 0.717) is 22.3 Å². The molecule has 4 aromatic rings. The van der Waals surface area contributed by atoms with E-state index in [-0.39, 0.29) is 0 Å². The van der Waals surface area contributed by atoms with Gasteiger partial charge in [-0.15, -0.1) is 0 Å². The quantitative estimate of drug-likeness (QED) is 0.627. The molecule has 0 aliphatic rings. The van der Waals surface area contributed by atoms with Gasteiger partial charge in [0.1, 0.15) is 0 Å². The molecule has 0 saturated heterocycles. The number of hydrogen-bond acceptors (Lipinski definition) is 5. The molecule has 1 aromatic carbocycles. The van der Waals surface area contributed by atoms with E-state index in [2.05, 4.69) is 25.4 Å². The number of benzene rings is 1. The molecule has 3 heterocycles. The summed E-state index contributed by atoms with van der Waals surface area (Å²) in [5.74, 6) is 1.09. The fourth-order valence-corrected chi connectivity index (χ4v) is 2.37. The van der Waals surface area contributed by atoms with Crippen molar-refractivity contribution >= 4 is 34.3 Å². The molecule has 8 heteroatoms. The van der Waals surface area contributed by atoms with Crippen molar-refractivity contribution in [1.29, 1.82) is 0 Å². The minimum Gasteiger partial charge on any atom is -0.338 e. The van der Waals surface area contributed by atoms with Gasteiger partial charge in [-0.1, -0.05) is 11.6 Å². The first-order chi connectivity index (χ1) is 11.2. The second kappa shape index (κ2) is 5.36. The summed E-state index contributed by atoms with van der Waals surface area (Å²) in [6, 6.07) is 9.22. The molecule has 0 aliphatic carbocycles. The number of nitrogens with zero attached hydrogens (tertiary/aromatic N) is 6. The van der Waals surface area contributed by atoms with Crippen LogP contribution in [0.3, 0.4) is 0 Å². The highest BCUT2D eigenvalue weighted by molar-refractivity contribution is 6.30. The van der Waals surface area contributed by atoms with Crippen LogP contribution in [-0.4, -0.2) is 29.3 Å². The smallest absolute Gasteiger partial charge is 0.254 e. The van der Waals surface area contributed by atoms with Crippen molar-refractivity contribution in [3.05, 3.63) is 54.1 Å². The molecule has 0 amide bonds. The number of fused-ring (bicyclic) bond motifs is 1. The van der Waals surface area contributed by atoms with Gasteiger partial charge >= 0.3 is 0 Å². The maximum Gasteiger partial charge on any atom is 0.254 e. The van der Waals surface area contributed by atoms with Crippen molar-refractivity contribution in [3.8, 4) is 5.95 Å². The van der Waals surface area contributed by atoms with Crippen LogP contribution < -0.4 is 5.32 Å². The molecule has 0 atom stereocenters. The molecule has 0 radical (unpaired) electrons. The zero-order valence-electron chi connectivity index (χ0n) is 12.2. The first-order valence-electron chi connectivity index (χ1n) is 6.92. The van der Waals surface area contributed by atoms with Gasteiger partial charge in [-0.25, -0.2) is 9.67 Å². The van der Waals surface area contributed by atoms with Gasteiger partial charge in [0.15, 0.2) is 17.0 Å². The molecule has 4 rings (SSSR count). The van der Waals surface area contributed by atoms with E-state index in [1.165, 1.54) is 0 Å². The van der Waals surface area contributed by atoms with Gasteiger partial charge in [0.25, 0.3) is 5.95 Å². The van der Waals surface area contributed by atoms with Crippen LogP contribution in [0.2, 0.25) is 5.02 Å². The van der Waals surface area contributed by atoms with Gasteiger partial charge in [0.2, 0.25) is 0 Å². The van der Waals surface area contributed by atoms with E-state index in [9.17, 15) is 0 Å². The number of aromatic nitrogens is 6. The number of anilines is 2. The predicted octanol–water partition coefficient (Wildman–Crippen LogP) is 2.95. The number of halogens is 1. The average molecular weight is 326 g/mol. The Kier molecular flexibility index (Phi) is 3.20. The summed E-state index contributed by atoms with van der Waals surface area (Å²) in [5, 5.41) is 8.13. The SMILES string of the molecule is Cn1cnc2c(Nc3ccc(Cl)cc3)nc(-n3cccn3)nc21. The zero-order valence-corrected chi connectivity index (χ0v) is 12.9. The Morgan fingerprint density at radius 1 is 1.13 bits per heavy atom. The normalized spacial score (nSPS) is 11.0. The van der Waals surface area contributed by atoms with E-state index >= 15 is 0 Å². The Hall–Kier alpha value is -2.93. The summed E-state index contributed by atoms with van der Waals surface area (Å²) >= 11 is 5.93. The van der Waals surface area contributed by atoms with Crippen molar-refractivity contribution in [2.45, 2.75) is 0 Å². The molecule has 3 aromatic heterocycles. The summed E-state index contributed by atoms with van der Waals surface area (Å²) in [4.78, 5) is 13.4. The van der Waals surface area contributed by atoms with Crippen LogP contribution in [0.25, 0.3) is 17.1 Å². The van der Waals surface area contributed by atoms with Gasteiger partial charge in [0.05, 0.1) is 6.33 Å². The molecule has 7 nitrogen and oxygen atoms in total. The highest BCUT2D eigenvalue weighted by Crippen LogP contribution is 2.24. The molecule has 114 valence electrons. The third-order valence-electron chi connectivity index (χ3n) is 3.36. The monoisotopic (exact) mass is 325 g/mol. The largest absolute Gasteiger partial charge is 0.338 e. The van der Waals surface area contributed by atoms with Crippen LogP contribution in [0.1, 0.15) is 0 Å². The summed E-state index contributed by atoms with van der Waals surface area (Å²) in [6.45, 7) is 0. The highest BCUT2D eigenvalue weighted by Gasteiger charge is 2.13. The van der Waals surface area contributed by atoms with Crippen molar-refractivity contribution in [2.75, 3.05) is 5.32 Å². The van der Waals surface area contributed by atoms with Crippen molar-refractivity contribution in [1.82, 2.24) is 29.3 Å². The molecule has 0 saturated carbocycles. The third-order valence-corrected chi connectivity index (χ3v) is 3.62. The lowest BCUT2D eigenvalue weighted by atomic mass is 10.3. The van der Waals surface area contributed by atoms with E-state index in [0.717, 1.165) is 11.3 Å². The first-order valence-corrected chi connectivity index (χ1v) is 7.30. The van der Waals surface area contributed by atoms with E-state index in [1.54, 1.807) is 23.4 Å². The fraction of sp³-hybridized carbons (Fsp3) is 0.0667. The van der Waals surface area contributed by atoms with Crippen molar-refractivity contribution in [2.24, 2.45) is 7.05 Å². The van der Waals surface area contributed by atoms with Gasteiger partial charge < -0.3 is 9.88 Å². The van der Waals surface area contributed by atoms with Gasteiger partial charge in [-0.2, -0.15) is 15.1 Å². The van der Waals surface area contributed by atoms with Gasteiger partial charge in [-0.05, 0) is 30.3 Å². The lowest BCUT2D eigenvalue weighted by Gasteiger charge is -2.08. The third kappa shape index (κ3) is 2.51. The van der Waals surface area contributed by atoms with Crippen LogP contribution in [-0.2, 0) is 7.05 Å². The minimum atomic E-state index is 0.475. The summed E-state index contributed by atoms with van der Waals surface area (Å²) < 4.78 is 3.45. The lowest BCUT2D eigenvalue weighted by Crippen LogP contribution is -2.06. The van der Waals surface area contributed by atoms with Gasteiger partial charge in [-0.3, -0.25) is 0 Å². The standard InChI is InChI=1S/C15H12ClN7/c1-22-9-17-12-13(19-11-5-3-10(16)4-6-11)20-15(21-14(12)22)23-8-2-7-18-23/h2-9H,1H3,(H,19,20,21). The number of hydrogen-bond donors (Lipinski definition) is 1. The Bertz CT molecular complexity index is 958. The molecule has 0 spiro atoms. The Morgan fingerprint density at radius 3 is 2.70 bits per heavy atom. The molecule has 23 heavy (non-hydrogen) atoms. The fourth-order valence-electron chi connectivity index (χ4n) is 2.24. The molecule has 0 bridgehead atoms. The van der Waals surface area contributed by atoms with Crippen molar-refractivity contribution in [3.63, 3.8) is 0 Å². The molecule has 1 N–H and O–H groups in total. The first kappa shape index (κ1) is 13.7. The van der Waals surface area contributed by atoms with E-state index < -0.39 is 0 Å². The maximum atomic E-state index is 5.93. The molecule has 0 aliphatic heterocycles. The number of nitrogens with one attached hydrogen (secondary N) is 1. The zero-order chi connectivity index (χ0) is 15.8. The topological polar surface area (TPSA) is 73.5 Å². The van der Waals surface area contributed by atoms with E-state index in [1.807, 2.05) is 41.9 Å². The number of aryl methyl sites for hydroxylation is 1. The summed E-state index contributed by atoms with van der Waals surface area (Å²) in [7, 11) is 1.89. The highest BCUT2D eigenvalue weighted by atomic mass is 35.5. The average Bonchev–Trinajstić information content (AvgIpc) is 3.20. The van der Waals surface area contributed by atoms with E-state index in [4.69, 9.17) is 11.6 Å². The Balaban J connectivity index is 1.85. The number of rotatable bonds is 3. The summed E-state index contributed by atoms with van der Waals surface area (Å²) in [6.07, 6.45) is 5.19. The second-order valence-electron chi connectivity index (χ2n) is 4.98. The second-order valence-corrected chi connectivity index (χ2v) is 5.42. The molecular formula is C15H12ClN7.